The normalized spacial score (nSPS) is 11.0. The third-order valence-corrected chi connectivity index (χ3v) is 4.47. The van der Waals surface area contributed by atoms with Crippen LogP contribution in [0, 0.1) is 6.92 Å². The number of aromatic nitrogens is 3. The van der Waals surface area contributed by atoms with Gasteiger partial charge in [0, 0.05) is 29.1 Å². The number of aryl methyl sites for hydroxylation is 1. The number of fused-ring (bicyclic) bond motifs is 1. The molecule has 0 aliphatic rings. The van der Waals surface area contributed by atoms with Gasteiger partial charge in [-0.25, -0.2) is 9.97 Å². The van der Waals surface area contributed by atoms with Crippen molar-refractivity contribution in [2.75, 3.05) is 11.5 Å². The van der Waals surface area contributed by atoms with Gasteiger partial charge < -0.3 is 11.5 Å². The van der Waals surface area contributed by atoms with Crippen molar-refractivity contribution in [3.8, 4) is 11.3 Å². The van der Waals surface area contributed by atoms with Crippen LogP contribution >= 0.6 is 0 Å². The van der Waals surface area contributed by atoms with E-state index in [9.17, 15) is 0 Å². The largest absolute Gasteiger partial charge is 0.383 e. The van der Waals surface area contributed by atoms with Crippen LogP contribution in [0.15, 0.2) is 60.8 Å². The third-order valence-electron chi connectivity index (χ3n) is 4.47. The lowest BCUT2D eigenvalue weighted by Crippen LogP contribution is -2.05. The molecule has 4 aromatic rings. The Labute approximate surface area is 151 Å². The lowest BCUT2D eigenvalue weighted by molar-refractivity contribution is 1.09. The molecule has 0 saturated heterocycles. The molecule has 0 atom stereocenters. The number of para-hydroxylation sites is 1. The fraction of sp³-hybridized carbons (Fsp3) is 0.0952. The van der Waals surface area contributed by atoms with Crippen molar-refractivity contribution in [2.24, 2.45) is 0 Å². The van der Waals surface area contributed by atoms with Crippen LogP contribution in [0.5, 0.6) is 0 Å². The van der Waals surface area contributed by atoms with Crippen molar-refractivity contribution in [3.05, 3.63) is 77.5 Å². The Bertz CT molecular complexity index is 1090. The zero-order valence-corrected chi connectivity index (χ0v) is 14.5. The smallest absolute Gasteiger partial charge is 0.221 e. The molecule has 4 rings (SSSR count). The summed E-state index contributed by atoms with van der Waals surface area (Å²) in [5.41, 5.74) is 17.8. The monoisotopic (exact) mass is 341 g/mol. The molecule has 0 unspecified atom stereocenters. The first-order chi connectivity index (χ1) is 12.6. The SMILES string of the molecule is Cc1cccc2cc(Cc3cnc(N)nc3N)c(-c3ccccc3)nc12. The van der Waals surface area contributed by atoms with Gasteiger partial charge >= 0.3 is 0 Å². The minimum absolute atomic E-state index is 0.182. The molecule has 2 aromatic heterocycles. The molecular weight excluding hydrogens is 322 g/mol. The first kappa shape index (κ1) is 16.0. The Hall–Kier alpha value is -3.47. The fourth-order valence-electron chi connectivity index (χ4n) is 3.15. The van der Waals surface area contributed by atoms with E-state index in [2.05, 4.69) is 47.2 Å². The van der Waals surface area contributed by atoms with Gasteiger partial charge in [0.25, 0.3) is 0 Å². The van der Waals surface area contributed by atoms with E-state index < -0.39 is 0 Å². The van der Waals surface area contributed by atoms with Crippen LogP contribution in [0.1, 0.15) is 16.7 Å². The van der Waals surface area contributed by atoms with Gasteiger partial charge in [0.15, 0.2) is 0 Å². The maximum Gasteiger partial charge on any atom is 0.221 e. The molecule has 128 valence electrons. The Morgan fingerprint density at radius 1 is 0.885 bits per heavy atom. The Kier molecular flexibility index (Phi) is 3.97. The number of anilines is 2. The molecule has 2 heterocycles. The van der Waals surface area contributed by atoms with Crippen molar-refractivity contribution < 1.29 is 0 Å². The Morgan fingerprint density at radius 2 is 1.69 bits per heavy atom. The quantitative estimate of drug-likeness (QED) is 0.592. The maximum absolute atomic E-state index is 6.04. The molecule has 26 heavy (non-hydrogen) atoms. The molecule has 0 bridgehead atoms. The van der Waals surface area contributed by atoms with Crippen LogP contribution in [0.2, 0.25) is 0 Å². The summed E-state index contributed by atoms with van der Waals surface area (Å²) in [7, 11) is 0. The molecule has 2 aromatic carbocycles. The zero-order chi connectivity index (χ0) is 18.1. The second-order valence-electron chi connectivity index (χ2n) is 6.32. The third kappa shape index (κ3) is 2.95. The number of nitrogens with two attached hydrogens (primary N) is 2. The van der Waals surface area contributed by atoms with Crippen LogP contribution in [0.4, 0.5) is 11.8 Å². The van der Waals surface area contributed by atoms with Gasteiger partial charge in [-0.1, -0.05) is 48.5 Å². The number of hydrogen-bond acceptors (Lipinski definition) is 5. The van der Waals surface area contributed by atoms with E-state index >= 15 is 0 Å². The first-order valence-corrected chi connectivity index (χ1v) is 8.43. The number of nitrogen functional groups attached to an aromatic ring is 2. The maximum atomic E-state index is 6.04. The molecule has 0 radical (unpaired) electrons. The number of pyridine rings is 1. The van der Waals surface area contributed by atoms with Crippen molar-refractivity contribution >= 4 is 22.7 Å². The number of hydrogen-bond donors (Lipinski definition) is 2. The predicted molar refractivity (Wildman–Crippen MR) is 106 cm³/mol. The van der Waals surface area contributed by atoms with Gasteiger partial charge in [-0.15, -0.1) is 0 Å². The highest BCUT2D eigenvalue weighted by molar-refractivity contribution is 5.86. The number of benzene rings is 2. The molecule has 0 amide bonds. The minimum atomic E-state index is 0.182. The van der Waals surface area contributed by atoms with E-state index in [4.69, 9.17) is 16.5 Å². The molecule has 4 N–H and O–H groups in total. The van der Waals surface area contributed by atoms with Crippen LogP contribution in [0.3, 0.4) is 0 Å². The van der Waals surface area contributed by atoms with Gasteiger partial charge in [-0.3, -0.25) is 0 Å². The molecule has 0 fully saturated rings. The summed E-state index contributed by atoms with van der Waals surface area (Å²) in [6.07, 6.45) is 2.28. The van der Waals surface area contributed by atoms with E-state index in [1.807, 2.05) is 24.3 Å². The average molecular weight is 341 g/mol. The Balaban J connectivity index is 1.91. The topological polar surface area (TPSA) is 90.7 Å². The summed E-state index contributed by atoms with van der Waals surface area (Å²) < 4.78 is 0. The molecule has 0 aliphatic carbocycles. The van der Waals surface area contributed by atoms with E-state index in [0.29, 0.717) is 12.2 Å². The number of rotatable bonds is 3. The summed E-state index contributed by atoms with van der Waals surface area (Å²) in [6, 6.07) is 18.6. The average Bonchev–Trinajstić information content (AvgIpc) is 2.64. The lowest BCUT2D eigenvalue weighted by Gasteiger charge is -2.13. The number of nitrogens with zero attached hydrogens (tertiary/aromatic N) is 3. The van der Waals surface area contributed by atoms with Crippen LogP contribution in [-0.4, -0.2) is 15.0 Å². The summed E-state index contributed by atoms with van der Waals surface area (Å²) in [6.45, 7) is 2.08. The predicted octanol–water partition coefficient (Wildman–Crippen LogP) is 3.76. The van der Waals surface area contributed by atoms with Gasteiger partial charge in [0.1, 0.15) is 5.82 Å². The van der Waals surface area contributed by atoms with E-state index in [0.717, 1.165) is 38.9 Å². The molecule has 0 saturated carbocycles. The molecule has 5 nitrogen and oxygen atoms in total. The van der Waals surface area contributed by atoms with Crippen LogP contribution in [0.25, 0.3) is 22.2 Å². The second kappa shape index (κ2) is 6.44. The standard InChI is InChI=1S/C21H19N5/c1-13-6-5-9-15-10-16(11-17-12-24-21(23)26-20(17)22)19(25-18(13)15)14-7-3-2-4-8-14/h2-10,12H,11H2,1H3,(H4,22,23,24,26). The first-order valence-electron chi connectivity index (χ1n) is 8.43. The van der Waals surface area contributed by atoms with Crippen molar-refractivity contribution in [1.82, 2.24) is 15.0 Å². The minimum Gasteiger partial charge on any atom is -0.383 e. The zero-order valence-electron chi connectivity index (χ0n) is 14.5. The molecular formula is C21H19N5. The van der Waals surface area contributed by atoms with Crippen molar-refractivity contribution in [2.45, 2.75) is 13.3 Å². The van der Waals surface area contributed by atoms with Crippen LogP contribution < -0.4 is 11.5 Å². The highest BCUT2D eigenvalue weighted by Gasteiger charge is 2.13. The fourth-order valence-corrected chi connectivity index (χ4v) is 3.15. The van der Waals surface area contributed by atoms with Crippen molar-refractivity contribution in [1.29, 1.82) is 0 Å². The van der Waals surface area contributed by atoms with Gasteiger partial charge in [0.05, 0.1) is 11.2 Å². The van der Waals surface area contributed by atoms with E-state index in [1.165, 1.54) is 0 Å². The highest BCUT2D eigenvalue weighted by Crippen LogP contribution is 2.29. The lowest BCUT2D eigenvalue weighted by atomic mass is 9.97. The summed E-state index contributed by atoms with van der Waals surface area (Å²) in [5.74, 6) is 0.586. The second-order valence-corrected chi connectivity index (χ2v) is 6.32. The summed E-state index contributed by atoms with van der Waals surface area (Å²) >= 11 is 0. The van der Waals surface area contributed by atoms with Gasteiger partial charge in [0.2, 0.25) is 5.95 Å². The molecule has 0 aliphatic heterocycles. The van der Waals surface area contributed by atoms with Gasteiger partial charge in [-0.05, 0) is 24.1 Å². The van der Waals surface area contributed by atoms with Gasteiger partial charge in [-0.2, -0.15) is 4.98 Å². The van der Waals surface area contributed by atoms with E-state index in [1.54, 1.807) is 6.20 Å². The summed E-state index contributed by atoms with van der Waals surface area (Å²) in [4.78, 5) is 13.1. The van der Waals surface area contributed by atoms with Crippen LogP contribution in [-0.2, 0) is 6.42 Å². The Morgan fingerprint density at radius 3 is 2.46 bits per heavy atom. The van der Waals surface area contributed by atoms with Crippen molar-refractivity contribution in [3.63, 3.8) is 0 Å². The highest BCUT2D eigenvalue weighted by atomic mass is 15.0. The molecule has 0 spiro atoms. The van der Waals surface area contributed by atoms with E-state index in [-0.39, 0.29) is 5.95 Å². The molecule has 5 heteroatoms. The summed E-state index contributed by atoms with van der Waals surface area (Å²) in [5, 5.41) is 1.11.